The first kappa shape index (κ1) is 9.45. The molecular weight excluding hydrogens is 188 g/mol. The Bertz CT molecular complexity index is 414. The third-order valence-electron chi connectivity index (χ3n) is 2.23. The van der Waals surface area contributed by atoms with Crippen molar-refractivity contribution < 1.29 is 0 Å². The lowest BCUT2D eigenvalue weighted by Gasteiger charge is -2.11. The number of anilines is 2. The van der Waals surface area contributed by atoms with E-state index in [1.54, 1.807) is 16.8 Å². The van der Waals surface area contributed by atoms with Gasteiger partial charge in [0.25, 0.3) is 0 Å². The van der Waals surface area contributed by atoms with E-state index >= 15 is 0 Å². The highest BCUT2D eigenvalue weighted by Gasteiger charge is 2.00. The normalized spacial score (nSPS) is 10.1. The van der Waals surface area contributed by atoms with Gasteiger partial charge in [-0.1, -0.05) is 30.3 Å². The largest absolute Gasteiger partial charge is 0.384 e. The molecule has 1 aromatic carbocycles. The van der Waals surface area contributed by atoms with Gasteiger partial charge < -0.3 is 16.9 Å². The summed E-state index contributed by atoms with van der Waals surface area (Å²) in [6.45, 7) is 0.698. The first-order valence-corrected chi connectivity index (χ1v) is 4.78. The number of nitrogens with zero attached hydrogens (tertiary/aromatic N) is 1. The molecule has 0 aliphatic carbocycles. The number of aromatic nitrogens is 1. The fourth-order valence-corrected chi connectivity index (χ4v) is 1.42. The van der Waals surface area contributed by atoms with Crippen LogP contribution >= 0.6 is 0 Å². The fraction of sp³-hybridized carbons (Fsp3) is 0.0909. The molecule has 1 aromatic heterocycles. The Morgan fingerprint density at radius 3 is 2.13 bits per heavy atom. The van der Waals surface area contributed by atoms with Gasteiger partial charge in [-0.3, -0.25) is 0 Å². The highest BCUT2D eigenvalue weighted by Crippen LogP contribution is 2.10. The summed E-state index contributed by atoms with van der Waals surface area (Å²) >= 11 is 0. The van der Waals surface area contributed by atoms with Gasteiger partial charge in [0, 0.05) is 0 Å². The van der Waals surface area contributed by atoms with Crippen molar-refractivity contribution in [3.05, 3.63) is 48.0 Å². The van der Waals surface area contributed by atoms with E-state index in [4.69, 9.17) is 11.5 Å². The van der Waals surface area contributed by atoms with Crippen molar-refractivity contribution in [1.82, 2.24) is 4.68 Å². The lowest BCUT2D eigenvalue weighted by molar-refractivity contribution is 0.866. The number of benzene rings is 1. The lowest BCUT2D eigenvalue weighted by Crippen LogP contribution is -2.18. The first-order chi connectivity index (χ1) is 7.27. The Hall–Kier alpha value is -2.10. The van der Waals surface area contributed by atoms with Crippen molar-refractivity contribution in [1.29, 1.82) is 0 Å². The van der Waals surface area contributed by atoms with Gasteiger partial charge in [0.15, 0.2) is 0 Å². The molecule has 0 atom stereocenters. The van der Waals surface area contributed by atoms with Crippen molar-refractivity contribution in [2.45, 2.75) is 6.54 Å². The second-order valence-corrected chi connectivity index (χ2v) is 3.34. The van der Waals surface area contributed by atoms with Gasteiger partial charge in [0.1, 0.15) is 11.6 Å². The predicted octanol–water partition coefficient (Wildman–Crippen LogP) is 1.40. The Balaban J connectivity index is 2.05. The van der Waals surface area contributed by atoms with E-state index in [0.29, 0.717) is 18.2 Å². The van der Waals surface area contributed by atoms with E-state index in [1.165, 1.54) is 5.56 Å². The van der Waals surface area contributed by atoms with Gasteiger partial charge in [0.05, 0.1) is 6.54 Å². The minimum absolute atomic E-state index is 0.614. The molecule has 0 saturated heterocycles. The van der Waals surface area contributed by atoms with Crippen molar-refractivity contribution in [2.24, 2.45) is 0 Å². The van der Waals surface area contributed by atoms with Crippen molar-refractivity contribution >= 4 is 11.6 Å². The molecule has 0 bridgehead atoms. The Kier molecular flexibility index (Phi) is 2.49. The van der Waals surface area contributed by atoms with Crippen molar-refractivity contribution in [2.75, 3.05) is 16.9 Å². The molecule has 1 heterocycles. The minimum Gasteiger partial charge on any atom is -0.384 e. The maximum Gasteiger partial charge on any atom is 0.124 e. The first-order valence-electron chi connectivity index (χ1n) is 4.78. The van der Waals surface area contributed by atoms with Crippen LogP contribution in [0.1, 0.15) is 5.56 Å². The van der Waals surface area contributed by atoms with Gasteiger partial charge in [-0.2, -0.15) is 0 Å². The second kappa shape index (κ2) is 3.96. The summed E-state index contributed by atoms with van der Waals surface area (Å²) in [6.07, 6.45) is 0. The van der Waals surface area contributed by atoms with Gasteiger partial charge in [0.2, 0.25) is 0 Å². The van der Waals surface area contributed by atoms with Crippen LogP contribution in [-0.4, -0.2) is 4.68 Å². The second-order valence-electron chi connectivity index (χ2n) is 3.34. The van der Waals surface area contributed by atoms with E-state index in [-0.39, 0.29) is 0 Å². The Morgan fingerprint density at radius 2 is 1.53 bits per heavy atom. The van der Waals surface area contributed by atoms with E-state index in [0.717, 1.165) is 0 Å². The van der Waals surface area contributed by atoms with Gasteiger partial charge in [-0.15, -0.1) is 0 Å². The third kappa shape index (κ3) is 2.04. The van der Waals surface area contributed by atoms with Crippen LogP contribution in [0.4, 0.5) is 11.6 Å². The molecule has 0 aliphatic rings. The summed E-state index contributed by atoms with van der Waals surface area (Å²) < 4.78 is 1.67. The molecule has 0 saturated carbocycles. The van der Waals surface area contributed by atoms with Crippen molar-refractivity contribution in [3.8, 4) is 0 Å². The molecule has 5 N–H and O–H groups in total. The summed E-state index contributed by atoms with van der Waals surface area (Å²) in [6, 6.07) is 13.6. The molecule has 0 fully saturated rings. The summed E-state index contributed by atoms with van der Waals surface area (Å²) in [5.41, 5.74) is 15.8. The average Bonchev–Trinajstić information content (AvgIpc) is 2.58. The molecule has 15 heavy (non-hydrogen) atoms. The number of nitrogens with one attached hydrogen (secondary N) is 1. The van der Waals surface area contributed by atoms with Crippen LogP contribution in [0.15, 0.2) is 42.5 Å². The molecule has 2 aromatic rings. The zero-order valence-electron chi connectivity index (χ0n) is 8.35. The molecule has 78 valence electrons. The van der Waals surface area contributed by atoms with Gasteiger partial charge in [-0.05, 0) is 17.7 Å². The van der Waals surface area contributed by atoms with Crippen LogP contribution in [0.5, 0.6) is 0 Å². The number of hydrogen-bond donors (Lipinski definition) is 3. The summed E-state index contributed by atoms with van der Waals surface area (Å²) in [4.78, 5) is 0. The van der Waals surface area contributed by atoms with E-state index in [9.17, 15) is 0 Å². The van der Waals surface area contributed by atoms with E-state index in [2.05, 4.69) is 5.43 Å². The zero-order chi connectivity index (χ0) is 10.7. The Labute approximate surface area is 88.5 Å². The van der Waals surface area contributed by atoms with Crippen LogP contribution in [0, 0.1) is 0 Å². The van der Waals surface area contributed by atoms with Crippen LogP contribution in [-0.2, 0) is 6.54 Å². The van der Waals surface area contributed by atoms with Crippen LogP contribution in [0.3, 0.4) is 0 Å². The fourth-order valence-electron chi connectivity index (χ4n) is 1.42. The van der Waals surface area contributed by atoms with Gasteiger partial charge in [-0.25, -0.2) is 4.68 Å². The van der Waals surface area contributed by atoms with Crippen LogP contribution < -0.4 is 16.9 Å². The molecule has 0 amide bonds. The molecule has 2 rings (SSSR count). The highest BCUT2D eigenvalue weighted by atomic mass is 15.4. The molecule has 0 aliphatic heterocycles. The topological polar surface area (TPSA) is 69.0 Å². The molecule has 4 heteroatoms. The zero-order valence-corrected chi connectivity index (χ0v) is 8.35. The van der Waals surface area contributed by atoms with E-state index in [1.807, 2.05) is 30.3 Å². The Morgan fingerprint density at radius 1 is 0.933 bits per heavy atom. The number of hydrogen-bond acceptors (Lipinski definition) is 3. The monoisotopic (exact) mass is 202 g/mol. The maximum atomic E-state index is 5.73. The molecule has 0 spiro atoms. The summed E-state index contributed by atoms with van der Waals surface area (Å²) in [7, 11) is 0. The van der Waals surface area contributed by atoms with E-state index < -0.39 is 0 Å². The molecule has 0 unspecified atom stereocenters. The number of rotatable bonds is 3. The lowest BCUT2D eigenvalue weighted by atomic mass is 10.2. The van der Waals surface area contributed by atoms with Crippen LogP contribution in [0.25, 0.3) is 0 Å². The predicted molar refractivity (Wildman–Crippen MR) is 62.8 cm³/mol. The quantitative estimate of drug-likeness (QED) is 0.704. The number of nitrogens with two attached hydrogens (primary N) is 2. The molecule has 0 radical (unpaired) electrons. The number of nitrogen functional groups attached to an aromatic ring is 2. The molecular formula is C11H14N4. The van der Waals surface area contributed by atoms with Crippen LogP contribution in [0.2, 0.25) is 0 Å². The smallest absolute Gasteiger partial charge is 0.124 e. The molecule has 4 nitrogen and oxygen atoms in total. The maximum absolute atomic E-state index is 5.73. The van der Waals surface area contributed by atoms with Crippen molar-refractivity contribution in [3.63, 3.8) is 0 Å². The average molecular weight is 202 g/mol. The minimum atomic E-state index is 0.614. The highest BCUT2D eigenvalue weighted by molar-refractivity contribution is 5.46. The SMILES string of the molecule is Nc1ccc(N)n1NCc1ccccc1. The standard InChI is InChI=1S/C11H14N4/c12-10-6-7-11(13)15(10)14-8-9-4-2-1-3-5-9/h1-7,14H,8,12-13H2. The van der Waals surface area contributed by atoms with Gasteiger partial charge >= 0.3 is 0 Å². The summed E-state index contributed by atoms with van der Waals surface area (Å²) in [5.74, 6) is 1.23. The summed E-state index contributed by atoms with van der Waals surface area (Å²) in [5, 5.41) is 0. The third-order valence-corrected chi connectivity index (χ3v) is 2.23.